The Morgan fingerprint density at radius 3 is 1.57 bits per heavy atom. The van der Waals surface area contributed by atoms with E-state index in [0.29, 0.717) is 0 Å². The molecule has 0 unspecified atom stereocenters. The number of benzene rings is 6. The summed E-state index contributed by atoms with van der Waals surface area (Å²) in [5, 5.41) is 6.71. The number of aryl methyl sites for hydroxylation is 1. The summed E-state index contributed by atoms with van der Waals surface area (Å²) in [7, 11) is 3.38. The number of anilines is 1. The molecule has 11 aromatic rings. The zero-order chi connectivity index (χ0) is 60.0. The van der Waals surface area contributed by atoms with Crippen LogP contribution in [0, 0.1) is 6.92 Å². The molecule has 5 aromatic heterocycles. The highest BCUT2D eigenvalue weighted by atomic mass is 32.1. The lowest BCUT2D eigenvalue weighted by Crippen LogP contribution is -2.37. The van der Waals surface area contributed by atoms with Crippen molar-refractivity contribution in [3.63, 3.8) is 0 Å². The fourth-order valence-electron chi connectivity index (χ4n) is 10.3. The van der Waals surface area contributed by atoms with Gasteiger partial charge in [0.2, 0.25) is 5.95 Å². The number of thiazole rings is 1. The third-order valence-corrected chi connectivity index (χ3v) is 15.3. The highest BCUT2D eigenvalue weighted by Gasteiger charge is 2.26. The summed E-state index contributed by atoms with van der Waals surface area (Å²) in [5.41, 5.74) is 16.9. The predicted octanol–water partition coefficient (Wildman–Crippen LogP) is 17.5. The van der Waals surface area contributed by atoms with E-state index in [0.717, 1.165) is 128 Å². The maximum atomic E-state index is 5.47. The number of nitrogens with zero attached hydrogens (tertiary/aromatic N) is 8. The van der Waals surface area contributed by atoms with Gasteiger partial charge in [0.1, 0.15) is 11.5 Å². The summed E-state index contributed by atoms with van der Waals surface area (Å²) in [6, 6.07) is 51.7. The van der Waals surface area contributed by atoms with Crippen molar-refractivity contribution in [3.05, 3.63) is 191 Å². The Morgan fingerprint density at radius 2 is 0.988 bits per heavy atom. The highest BCUT2D eigenvalue weighted by Crippen LogP contribution is 2.37. The predicted molar refractivity (Wildman–Crippen MR) is 350 cm³/mol. The van der Waals surface area contributed by atoms with Crippen LogP contribution in [0.1, 0.15) is 111 Å². The Kier molecular flexibility index (Phi) is 18.2. The van der Waals surface area contributed by atoms with Gasteiger partial charge in [0.15, 0.2) is 5.82 Å². The summed E-state index contributed by atoms with van der Waals surface area (Å²) in [6.45, 7) is 31.7. The van der Waals surface area contributed by atoms with Crippen LogP contribution in [-0.4, -0.2) is 75.4 Å². The Hall–Kier alpha value is -8.19. The molecular weight excluding hydrogens is 1060 g/mol. The minimum absolute atomic E-state index is 0.00786. The second-order valence-electron chi connectivity index (χ2n) is 25.3. The number of hydrogen-bond acceptors (Lipinski definition) is 12. The Bertz CT molecular complexity index is 4020. The van der Waals surface area contributed by atoms with Crippen LogP contribution in [0.2, 0.25) is 0 Å². The van der Waals surface area contributed by atoms with Crippen molar-refractivity contribution in [3.8, 4) is 45.5 Å². The van der Waals surface area contributed by atoms with Crippen molar-refractivity contribution in [1.82, 2.24) is 34.9 Å². The van der Waals surface area contributed by atoms with Gasteiger partial charge in [0, 0.05) is 74.1 Å². The molecule has 0 amide bonds. The first kappa shape index (κ1) is 60.4. The van der Waals surface area contributed by atoms with Crippen LogP contribution in [-0.2, 0) is 26.4 Å². The van der Waals surface area contributed by atoms with Gasteiger partial charge in [-0.05, 0) is 76.9 Å². The second-order valence-corrected chi connectivity index (χ2v) is 26.1. The van der Waals surface area contributed by atoms with Gasteiger partial charge < -0.3 is 19.1 Å². The summed E-state index contributed by atoms with van der Waals surface area (Å²) in [4.78, 5) is 35.4. The van der Waals surface area contributed by atoms with Gasteiger partial charge in [0.25, 0.3) is 0 Å². The Morgan fingerprint density at radius 1 is 0.452 bits per heavy atom. The van der Waals surface area contributed by atoms with Gasteiger partial charge in [0.05, 0.1) is 83.5 Å². The first-order valence-corrected chi connectivity index (χ1v) is 29.8. The lowest BCUT2D eigenvalue weighted by molar-refractivity contribution is 0.122. The minimum Gasteiger partial charge on any atom is -0.497 e. The number of fused-ring (bicyclic) bond motifs is 4. The van der Waals surface area contributed by atoms with Crippen LogP contribution in [0.3, 0.4) is 0 Å². The molecule has 0 atom stereocenters. The number of aromatic nitrogens is 7. The molecule has 12 heteroatoms. The summed E-state index contributed by atoms with van der Waals surface area (Å²) < 4.78 is 16.3. The number of pyridine rings is 2. The third kappa shape index (κ3) is 14.2. The summed E-state index contributed by atoms with van der Waals surface area (Å²) in [6.07, 6.45) is 0. The Balaban J connectivity index is 0.000000135. The van der Waals surface area contributed by atoms with Crippen molar-refractivity contribution in [2.45, 2.75) is 112 Å². The van der Waals surface area contributed by atoms with E-state index in [1.807, 2.05) is 83.7 Å². The number of para-hydroxylation sites is 2. The standard InChI is InChI=1S/C20H21NO.C18H25N3O2.C18H18N2.C16H16N2S/c1-20(2,3)17-13-18(14-8-6-5-7-9-14)21-19-12-15(22-4)10-11-16(17)19;1-12-10-13-14(11-15(12)22-5)19-17(20-16(13)18(2,3)4)21-6-8-23-9-7-21;1-18(2,3)16-14-11-7-8-12-15(14)19-17(20-16)13-9-5-4-6-10-13;1-16(2,3)12-8-14(15-9-19-10-17-15)18-13-7-5-4-6-11(12)13/h5-13H,1-4H3;10-11H,6-9H2,1-5H3;4-12H,1-3H3;4-10H,1-3H3. The zero-order valence-electron chi connectivity index (χ0n) is 51.6. The van der Waals surface area contributed by atoms with Crippen LogP contribution >= 0.6 is 11.3 Å². The van der Waals surface area contributed by atoms with Gasteiger partial charge in [-0.2, -0.15) is 0 Å². The molecule has 1 aliphatic rings. The molecule has 0 aliphatic carbocycles. The van der Waals surface area contributed by atoms with Crippen molar-refractivity contribution >= 4 is 60.9 Å². The molecule has 0 N–H and O–H groups in total. The molecule has 11 nitrogen and oxygen atoms in total. The van der Waals surface area contributed by atoms with Crippen molar-refractivity contribution < 1.29 is 14.2 Å². The van der Waals surface area contributed by atoms with Gasteiger partial charge in [-0.1, -0.05) is 180 Å². The number of hydrogen-bond donors (Lipinski definition) is 0. The zero-order valence-corrected chi connectivity index (χ0v) is 52.4. The van der Waals surface area contributed by atoms with E-state index >= 15 is 0 Å². The van der Waals surface area contributed by atoms with Gasteiger partial charge in [-0.25, -0.2) is 34.9 Å². The molecule has 432 valence electrons. The average molecular weight is 1140 g/mol. The quantitative estimate of drug-likeness (QED) is 0.158. The van der Waals surface area contributed by atoms with Crippen LogP contribution < -0.4 is 14.4 Å². The summed E-state index contributed by atoms with van der Waals surface area (Å²) >= 11 is 1.60. The van der Waals surface area contributed by atoms with Crippen molar-refractivity contribution in [2.75, 3.05) is 45.4 Å². The molecule has 84 heavy (non-hydrogen) atoms. The molecule has 1 saturated heterocycles. The van der Waals surface area contributed by atoms with E-state index in [2.05, 4.69) is 179 Å². The number of ether oxygens (including phenoxy) is 3. The van der Waals surface area contributed by atoms with E-state index in [9.17, 15) is 0 Å². The molecule has 0 radical (unpaired) electrons. The van der Waals surface area contributed by atoms with E-state index in [-0.39, 0.29) is 21.7 Å². The smallest absolute Gasteiger partial charge is 0.226 e. The summed E-state index contributed by atoms with van der Waals surface area (Å²) in [5.74, 6) is 3.29. The van der Waals surface area contributed by atoms with Gasteiger partial charge in [-0.15, -0.1) is 11.3 Å². The van der Waals surface area contributed by atoms with E-state index in [1.54, 1.807) is 25.6 Å². The molecule has 0 saturated carbocycles. The minimum atomic E-state index is -0.0523. The number of morpholine rings is 1. The largest absolute Gasteiger partial charge is 0.497 e. The van der Waals surface area contributed by atoms with Crippen LogP contribution in [0.5, 0.6) is 11.5 Å². The van der Waals surface area contributed by atoms with Crippen molar-refractivity contribution in [1.29, 1.82) is 0 Å². The molecule has 12 rings (SSSR count). The highest BCUT2D eigenvalue weighted by molar-refractivity contribution is 7.07. The van der Waals surface area contributed by atoms with E-state index in [4.69, 9.17) is 44.1 Å². The molecule has 0 spiro atoms. The molecular formula is C72H80N8O3S. The van der Waals surface area contributed by atoms with Gasteiger partial charge in [-0.3, -0.25) is 0 Å². The maximum Gasteiger partial charge on any atom is 0.226 e. The fraction of sp³-hybridized carbons (Fsp3) is 0.319. The monoisotopic (exact) mass is 1140 g/mol. The van der Waals surface area contributed by atoms with Gasteiger partial charge >= 0.3 is 0 Å². The van der Waals surface area contributed by atoms with Crippen molar-refractivity contribution in [2.24, 2.45) is 0 Å². The normalized spacial score (nSPS) is 12.9. The lowest BCUT2D eigenvalue weighted by Gasteiger charge is -2.29. The van der Waals surface area contributed by atoms with Crippen LogP contribution in [0.15, 0.2) is 163 Å². The first-order chi connectivity index (χ1) is 40.0. The number of rotatable bonds is 6. The topological polar surface area (TPSA) is 121 Å². The third-order valence-electron chi connectivity index (χ3n) is 14.7. The second kappa shape index (κ2) is 25.3. The van der Waals surface area contributed by atoms with Crippen LogP contribution in [0.25, 0.3) is 77.6 Å². The number of methoxy groups -OCH3 is 2. The molecule has 6 heterocycles. The van der Waals surface area contributed by atoms with E-state index < -0.39 is 0 Å². The van der Waals surface area contributed by atoms with E-state index in [1.165, 1.54) is 21.9 Å². The maximum absolute atomic E-state index is 5.47. The lowest BCUT2D eigenvalue weighted by atomic mass is 9.84. The fourth-order valence-corrected chi connectivity index (χ4v) is 10.8. The molecule has 6 aromatic carbocycles. The first-order valence-electron chi connectivity index (χ1n) is 28.9. The van der Waals surface area contributed by atoms with Crippen LogP contribution in [0.4, 0.5) is 5.95 Å². The molecule has 1 fully saturated rings. The average Bonchev–Trinajstić information content (AvgIpc) is 2.16. The molecule has 1 aliphatic heterocycles. The SMILES string of the molecule is CC(C)(C)c1cc(-c2cscn2)nc2ccccc12.CC(C)(C)c1nc(-c2ccccc2)nc2ccccc12.COc1cc2nc(N3CCOCC3)nc(C(C)(C)C)c2cc1C.COc1ccc2c(C(C)(C)C)cc(-c3ccccc3)nc2c1. The molecule has 0 bridgehead atoms. The Labute approximate surface area is 500 Å².